The highest BCUT2D eigenvalue weighted by Crippen LogP contribution is 2.34. The van der Waals surface area contributed by atoms with Crippen molar-refractivity contribution in [1.29, 1.82) is 0 Å². The van der Waals surface area contributed by atoms with Crippen molar-refractivity contribution in [3.05, 3.63) is 83.4 Å². The van der Waals surface area contributed by atoms with E-state index in [1.807, 2.05) is 13.0 Å². The molecule has 172 valence electrons. The Bertz CT molecular complexity index is 1150. The van der Waals surface area contributed by atoms with Crippen molar-refractivity contribution in [2.45, 2.75) is 13.1 Å². The highest BCUT2D eigenvalue weighted by Gasteiger charge is 2.33. The van der Waals surface area contributed by atoms with E-state index in [-0.39, 0.29) is 17.3 Å². The van der Waals surface area contributed by atoms with E-state index in [9.17, 15) is 22.8 Å². The second-order valence-corrected chi connectivity index (χ2v) is 7.06. The molecule has 3 aromatic rings. The van der Waals surface area contributed by atoms with Crippen molar-refractivity contribution in [3.8, 4) is 11.5 Å². The maximum Gasteiger partial charge on any atom is 0.418 e. The van der Waals surface area contributed by atoms with Gasteiger partial charge in [0.1, 0.15) is 11.5 Å². The van der Waals surface area contributed by atoms with E-state index in [4.69, 9.17) is 9.47 Å². The molecule has 3 rings (SSSR count). The molecule has 0 aliphatic carbocycles. The van der Waals surface area contributed by atoms with E-state index in [0.717, 1.165) is 17.7 Å². The molecule has 0 aliphatic rings. The summed E-state index contributed by atoms with van der Waals surface area (Å²) in [6.07, 6.45) is -4.59. The fraction of sp³-hybridized carbons (Fsp3) is 0.167. The summed E-state index contributed by atoms with van der Waals surface area (Å²) >= 11 is 0. The molecule has 0 radical (unpaired) electrons. The lowest BCUT2D eigenvalue weighted by molar-refractivity contribution is -0.137. The van der Waals surface area contributed by atoms with Crippen LogP contribution >= 0.6 is 0 Å². The van der Waals surface area contributed by atoms with Gasteiger partial charge in [0.25, 0.3) is 11.8 Å². The first-order valence-electron chi connectivity index (χ1n) is 9.82. The first kappa shape index (κ1) is 23.6. The van der Waals surface area contributed by atoms with Gasteiger partial charge in [0, 0.05) is 5.56 Å². The van der Waals surface area contributed by atoms with Crippen LogP contribution in [0.1, 0.15) is 21.5 Å². The number of ether oxygens (including phenoxy) is 2. The molecule has 9 heteroatoms. The van der Waals surface area contributed by atoms with Crippen LogP contribution in [0.2, 0.25) is 0 Å². The van der Waals surface area contributed by atoms with Crippen LogP contribution in [0.4, 0.5) is 24.5 Å². The third-order valence-corrected chi connectivity index (χ3v) is 4.60. The average Bonchev–Trinajstić information content (AvgIpc) is 2.78. The zero-order valence-electron chi connectivity index (χ0n) is 17.8. The van der Waals surface area contributed by atoms with Gasteiger partial charge in [0.05, 0.1) is 24.0 Å². The fourth-order valence-corrected chi connectivity index (χ4v) is 2.99. The van der Waals surface area contributed by atoms with E-state index in [2.05, 4.69) is 10.6 Å². The molecule has 0 atom stereocenters. The molecule has 3 aromatic carbocycles. The third-order valence-electron chi connectivity index (χ3n) is 4.60. The first-order chi connectivity index (χ1) is 15.7. The average molecular weight is 458 g/mol. The van der Waals surface area contributed by atoms with Crippen molar-refractivity contribution < 1.29 is 32.2 Å². The van der Waals surface area contributed by atoms with Crippen LogP contribution in [0.25, 0.3) is 0 Å². The summed E-state index contributed by atoms with van der Waals surface area (Å²) in [7, 11) is 1.50. The number of aryl methyl sites for hydroxylation is 1. The number of hydrogen-bond acceptors (Lipinski definition) is 4. The van der Waals surface area contributed by atoms with Gasteiger partial charge in [-0.15, -0.1) is 0 Å². The normalized spacial score (nSPS) is 10.9. The van der Waals surface area contributed by atoms with Crippen molar-refractivity contribution in [2.75, 3.05) is 24.4 Å². The largest absolute Gasteiger partial charge is 0.495 e. The zero-order chi connectivity index (χ0) is 24.0. The summed E-state index contributed by atoms with van der Waals surface area (Å²) in [4.78, 5) is 24.6. The van der Waals surface area contributed by atoms with Crippen LogP contribution in [0.5, 0.6) is 11.5 Å². The molecule has 0 fully saturated rings. The lowest BCUT2D eigenvalue weighted by atomic mass is 10.1. The molecule has 0 aliphatic heterocycles. The van der Waals surface area contributed by atoms with Gasteiger partial charge in [-0.2, -0.15) is 13.2 Å². The smallest absolute Gasteiger partial charge is 0.418 e. The van der Waals surface area contributed by atoms with Gasteiger partial charge >= 0.3 is 6.18 Å². The number of carbonyl (C=O) groups excluding carboxylic acids is 2. The highest BCUT2D eigenvalue weighted by molar-refractivity contribution is 6.05. The summed E-state index contributed by atoms with van der Waals surface area (Å²) < 4.78 is 49.7. The number of amides is 2. The number of para-hydroxylation sites is 1. The summed E-state index contributed by atoms with van der Waals surface area (Å²) in [6.45, 7) is 1.39. The molecule has 0 bridgehead atoms. The predicted molar refractivity (Wildman–Crippen MR) is 118 cm³/mol. The van der Waals surface area contributed by atoms with Gasteiger partial charge in [-0.3, -0.25) is 9.59 Å². The summed E-state index contributed by atoms with van der Waals surface area (Å²) in [6, 6.07) is 16.0. The van der Waals surface area contributed by atoms with E-state index in [0.29, 0.717) is 17.0 Å². The maximum atomic E-state index is 13.0. The summed E-state index contributed by atoms with van der Waals surface area (Å²) in [5.74, 6) is -0.321. The molecule has 33 heavy (non-hydrogen) atoms. The molecule has 0 aromatic heterocycles. The van der Waals surface area contributed by atoms with Crippen LogP contribution in [0.15, 0.2) is 66.7 Å². The lowest BCUT2D eigenvalue weighted by Crippen LogP contribution is -2.22. The van der Waals surface area contributed by atoms with Gasteiger partial charge in [0.2, 0.25) is 0 Å². The predicted octanol–water partition coefficient (Wildman–Crippen LogP) is 5.29. The number of nitrogens with one attached hydrogen (secondary N) is 2. The number of anilines is 2. The third kappa shape index (κ3) is 6.25. The zero-order valence-corrected chi connectivity index (χ0v) is 17.8. The second kappa shape index (κ2) is 10.1. The Morgan fingerprint density at radius 2 is 1.61 bits per heavy atom. The number of rotatable bonds is 7. The van der Waals surface area contributed by atoms with Gasteiger partial charge in [-0.05, 0) is 61.0 Å². The number of benzene rings is 3. The monoisotopic (exact) mass is 458 g/mol. The van der Waals surface area contributed by atoms with E-state index in [1.54, 1.807) is 12.1 Å². The number of halogens is 3. The number of hydrogen-bond donors (Lipinski definition) is 2. The van der Waals surface area contributed by atoms with Crippen molar-refractivity contribution in [2.24, 2.45) is 0 Å². The molecule has 0 saturated heterocycles. The number of alkyl halides is 3. The Hall–Kier alpha value is -4.01. The Morgan fingerprint density at radius 1 is 0.909 bits per heavy atom. The van der Waals surface area contributed by atoms with E-state index >= 15 is 0 Å². The fourth-order valence-electron chi connectivity index (χ4n) is 2.99. The van der Waals surface area contributed by atoms with Crippen molar-refractivity contribution in [3.63, 3.8) is 0 Å². The molecule has 0 saturated carbocycles. The Labute approximate surface area is 188 Å². The minimum atomic E-state index is -4.59. The molecule has 2 N–H and O–H groups in total. The molecule has 0 unspecified atom stereocenters. The standard InChI is InChI=1S/C24H21F3N2O4/c1-15-7-12-21(32-2)20(13-15)29-23(31)16-8-10-17(11-9-16)33-14-22(30)28-19-6-4-3-5-18(19)24(25,26)27/h3-13H,14H2,1-2H3,(H,28,30)(H,29,31). The Kier molecular flexibility index (Phi) is 7.22. The lowest BCUT2D eigenvalue weighted by Gasteiger charge is -2.14. The first-order valence-corrected chi connectivity index (χ1v) is 9.82. The molecular formula is C24H21F3N2O4. The minimum Gasteiger partial charge on any atom is -0.495 e. The van der Waals surface area contributed by atoms with Gasteiger partial charge < -0.3 is 20.1 Å². The summed E-state index contributed by atoms with van der Waals surface area (Å²) in [5.41, 5.74) is 0.523. The van der Waals surface area contributed by atoms with E-state index < -0.39 is 24.3 Å². The quantitative estimate of drug-likeness (QED) is 0.504. The van der Waals surface area contributed by atoms with Crippen LogP contribution in [0.3, 0.4) is 0 Å². The topological polar surface area (TPSA) is 76.7 Å². The van der Waals surface area contributed by atoms with Gasteiger partial charge in [-0.25, -0.2) is 0 Å². The molecular weight excluding hydrogens is 437 g/mol. The minimum absolute atomic E-state index is 0.277. The van der Waals surface area contributed by atoms with Crippen LogP contribution < -0.4 is 20.1 Å². The Balaban J connectivity index is 1.59. The van der Waals surface area contributed by atoms with Gasteiger partial charge in [-0.1, -0.05) is 18.2 Å². The number of carbonyl (C=O) groups is 2. The molecule has 0 heterocycles. The van der Waals surface area contributed by atoms with Crippen LogP contribution in [0, 0.1) is 6.92 Å². The highest BCUT2D eigenvalue weighted by atomic mass is 19.4. The second-order valence-electron chi connectivity index (χ2n) is 7.06. The van der Waals surface area contributed by atoms with Crippen LogP contribution in [-0.2, 0) is 11.0 Å². The van der Waals surface area contributed by atoms with E-state index in [1.165, 1.54) is 43.5 Å². The van der Waals surface area contributed by atoms with Crippen LogP contribution in [-0.4, -0.2) is 25.5 Å². The van der Waals surface area contributed by atoms with Gasteiger partial charge in [0.15, 0.2) is 6.61 Å². The summed E-state index contributed by atoms with van der Waals surface area (Å²) in [5, 5.41) is 4.97. The molecule has 2 amide bonds. The Morgan fingerprint density at radius 3 is 2.27 bits per heavy atom. The molecule has 0 spiro atoms. The van der Waals surface area contributed by atoms with Crippen molar-refractivity contribution >= 4 is 23.2 Å². The molecule has 6 nitrogen and oxygen atoms in total. The number of methoxy groups -OCH3 is 1. The van der Waals surface area contributed by atoms with Crippen molar-refractivity contribution in [1.82, 2.24) is 0 Å². The maximum absolute atomic E-state index is 13.0. The SMILES string of the molecule is COc1ccc(C)cc1NC(=O)c1ccc(OCC(=O)Nc2ccccc2C(F)(F)F)cc1.